The molecule has 7 nitrogen and oxygen atoms in total. The van der Waals surface area contributed by atoms with Crippen molar-refractivity contribution in [1.82, 2.24) is 9.78 Å². The molecule has 0 saturated carbocycles. The van der Waals surface area contributed by atoms with Crippen LogP contribution in [0.2, 0.25) is 0 Å². The Morgan fingerprint density at radius 1 is 1.26 bits per heavy atom. The molecule has 0 bridgehead atoms. The summed E-state index contributed by atoms with van der Waals surface area (Å²) in [6.45, 7) is 1.59. The topological polar surface area (TPSA) is 79.4 Å². The first-order valence-corrected chi connectivity index (χ1v) is 5.50. The van der Waals surface area contributed by atoms with Gasteiger partial charge in [0.2, 0.25) is 0 Å². The summed E-state index contributed by atoms with van der Waals surface area (Å²) in [5.41, 5.74) is 1.00. The molecule has 0 aliphatic heterocycles. The fourth-order valence-corrected chi connectivity index (χ4v) is 1.73. The number of hydrogen-bond acceptors (Lipinski definition) is 5. The number of ether oxygens (including phenoxy) is 2. The minimum Gasteiger partial charge on any atom is -0.493 e. The van der Waals surface area contributed by atoms with Crippen molar-refractivity contribution >= 4 is 5.69 Å². The van der Waals surface area contributed by atoms with Crippen molar-refractivity contribution in [1.29, 1.82) is 0 Å². The number of aryl methyl sites for hydroxylation is 1. The highest BCUT2D eigenvalue weighted by Gasteiger charge is 2.16. The van der Waals surface area contributed by atoms with Crippen molar-refractivity contribution in [2.45, 2.75) is 6.92 Å². The standard InChI is InChI=1S/C12H13N3O4/c1-8-10(15(16)17)7-14(13-8)9-4-5-11(18-2)12(6-9)19-3/h4-7H,1-3H3. The minimum atomic E-state index is -0.459. The van der Waals surface area contributed by atoms with Gasteiger partial charge in [-0.3, -0.25) is 10.1 Å². The molecule has 7 heteroatoms. The van der Waals surface area contributed by atoms with E-state index in [9.17, 15) is 10.1 Å². The highest BCUT2D eigenvalue weighted by atomic mass is 16.6. The summed E-state index contributed by atoms with van der Waals surface area (Å²) in [7, 11) is 3.07. The Morgan fingerprint density at radius 2 is 1.95 bits per heavy atom. The quantitative estimate of drug-likeness (QED) is 0.623. The van der Waals surface area contributed by atoms with Crippen LogP contribution in [0.1, 0.15) is 5.69 Å². The smallest absolute Gasteiger partial charge is 0.310 e. The van der Waals surface area contributed by atoms with Crippen LogP contribution in [0.4, 0.5) is 5.69 Å². The molecule has 0 atom stereocenters. The van der Waals surface area contributed by atoms with Gasteiger partial charge < -0.3 is 9.47 Å². The lowest BCUT2D eigenvalue weighted by Gasteiger charge is -2.09. The molecule has 1 aromatic carbocycles. The number of nitro groups is 1. The lowest BCUT2D eigenvalue weighted by Crippen LogP contribution is -1.97. The van der Waals surface area contributed by atoms with E-state index in [1.807, 2.05) is 0 Å². The molecule has 2 rings (SSSR count). The second-order valence-corrected chi connectivity index (χ2v) is 3.84. The number of nitrogens with zero attached hydrogens (tertiary/aromatic N) is 3. The summed E-state index contributed by atoms with van der Waals surface area (Å²) in [6.07, 6.45) is 1.37. The van der Waals surface area contributed by atoms with Gasteiger partial charge in [-0.15, -0.1) is 0 Å². The Hall–Kier alpha value is -2.57. The van der Waals surface area contributed by atoms with Crippen molar-refractivity contribution < 1.29 is 14.4 Å². The van der Waals surface area contributed by atoms with E-state index in [0.29, 0.717) is 22.9 Å². The van der Waals surface area contributed by atoms with Gasteiger partial charge in [-0.2, -0.15) is 5.10 Å². The third-order valence-electron chi connectivity index (χ3n) is 2.70. The molecule has 0 spiro atoms. The number of hydrogen-bond donors (Lipinski definition) is 0. The zero-order valence-corrected chi connectivity index (χ0v) is 10.8. The minimum absolute atomic E-state index is 0.0187. The summed E-state index contributed by atoms with van der Waals surface area (Å²) < 4.78 is 11.8. The van der Waals surface area contributed by atoms with Crippen molar-refractivity contribution in [2.24, 2.45) is 0 Å². The number of benzene rings is 1. The molecule has 100 valence electrons. The van der Waals surface area contributed by atoms with Gasteiger partial charge in [-0.25, -0.2) is 4.68 Å². The van der Waals surface area contributed by atoms with Gasteiger partial charge >= 0.3 is 5.69 Å². The third kappa shape index (κ3) is 2.35. The van der Waals surface area contributed by atoms with E-state index in [0.717, 1.165) is 0 Å². The molecule has 2 aromatic rings. The first-order valence-electron chi connectivity index (χ1n) is 5.50. The molecule has 0 aliphatic carbocycles. The third-order valence-corrected chi connectivity index (χ3v) is 2.70. The zero-order chi connectivity index (χ0) is 14.0. The van der Waals surface area contributed by atoms with Crippen LogP contribution in [0.3, 0.4) is 0 Å². The Bertz CT molecular complexity index is 621. The van der Waals surface area contributed by atoms with Crippen molar-refractivity contribution in [3.8, 4) is 17.2 Å². The van der Waals surface area contributed by atoms with E-state index >= 15 is 0 Å². The molecule has 0 aliphatic rings. The molecule has 0 unspecified atom stereocenters. The first kappa shape index (κ1) is 12.9. The van der Waals surface area contributed by atoms with E-state index in [1.54, 1.807) is 32.2 Å². The Labute approximate surface area is 109 Å². The Morgan fingerprint density at radius 3 is 2.47 bits per heavy atom. The van der Waals surface area contributed by atoms with Crippen LogP contribution < -0.4 is 9.47 Å². The van der Waals surface area contributed by atoms with Crippen molar-refractivity contribution in [2.75, 3.05) is 14.2 Å². The summed E-state index contributed by atoms with van der Waals surface area (Å²) >= 11 is 0. The van der Waals surface area contributed by atoms with Gasteiger partial charge in [0.1, 0.15) is 11.9 Å². The summed E-state index contributed by atoms with van der Waals surface area (Å²) in [5.74, 6) is 1.13. The normalized spacial score (nSPS) is 10.3. The highest BCUT2D eigenvalue weighted by molar-refractivity contribution is 5.49. The monoisotopic (exact) mass is 263 g/mol. The highest BCUT2D eigenvalue weighted by Crippen LogP contribution is 2.29. The molecule has 0 saturated heterocycles. The lowest BCUT2D eigenvalue weighted by molar-refractivity contribution is -0.385. The second-order valence-electron chi connectivity index (χ2n) is 3.84. The fourth-order valence-electron chi connectivity index (χ4n) is 1.73. The zero-order valence-electron chi connectivity index (χ0n) is 10.8. The predicted molar refractivity (Wildman–Crippen MR) is 68.1 cm³/mol. The van der Waals surface area contributed by atoms with E-state index in [-0.39, 0.29) is 5.69 Å². The molecular weight excluding hydrogens is 250 g/mol. The Kier molecular flexibility index (Phi) is 3.37. The molecule has 0 fully saturated rings. The van der Waals surface area contributed by atoms with Crippen LogP contribution in [0.5, 0.6) is 11.5 Å². The van der Waals surface area contributed by atoms with Gasteiger partial charge in [0.15, 0.2) is 11.5 Å². The second kappa shape index (κ2) is 4.97. The number of rotatable bonds is 4. The average Bonchev–Trinajstić information content (AvgIpc) is 2.80. The van der Waals surface area contributed by atoms with Crippen LogP contribution in [-0.2, 0) is 0 Å². The van der Waals surface area contributed by atoms with E-state index in [1.165, 1.54) is 18.0 Å². The maximum atomic E-state index is 10.8. The predicted octanol–water partition coefficient (Wildman–Crippen LogP) is 2.11. The Balaban J connectivity index is 2.47. The number of aromatic nitrogens is 2. The maximum Gasteiger partial charge on any atom is 0.310 e. The van der Waals surface area contributed by atoms with Crippen LogP contribution in [0.25, 0.3) is 5.69 Å². The van der Waals surface area contributed by atoms with E-state index in [2.05, 4.69) is 5.10 Å². The average molecular weight is 263 g/mol. The summed E-state index contributed by atoms with van der Waals surface area (Å²) in [5, 5.41) is 14.9. The fraction of sp³-hybridized carbons (Fsp3) is 0.250. The molecule has 0 radical (unpaired) electrons. The molecule has 0 N–H and O–H groups in total. The van der Waals surface area contributed by atoms with Crippen LogP contribution >= 0.6 is 0 Å². The number of methoxy groups -OCH3 is 2. The largest absolute Gasteiger partial charge is 0.493 e. The van der Waals surface area contributed by atoms with Gasteiger partial charge in [-0.1, -0.05) is 0 Å². The SMILES string of the molecule is COc1ccc(-n2cc([N+](=O)[O-])c(C)n2)cc1OC. The van der Waals surface area contributed by atoms with Crippen molar-refractivity contribution in [3.63, 3.8) is 0 Å². The first-order chi connectivity index (χ1) is 9.06. The lowest BCUT2D eigenvalue weighted by atomic mass is 10.3. The van der Waals surface area contributed by atoms with Gasteiger partial charge in [0, 0.05) is 6.07 Å². The molecular formula is C12H13N3O4. The van der Waals surface area contributed by atoms with E-state index < -0.39 is 4.92 Å². The van der Waals surface area contributed by atoms with Crippen LogP contribution in [0.15, 0.2) is 24.4 Å². The summed E-state index contributed by atoms with van der Waals surface area (Å²) in [4.78, 5) is 10.3. The van der Waals surface area contributed by atoms with E-state index in [4.69, 9.17) is 9.47 Å². The van der Waals surface area contributed by atoms with Gasteiger partial charge in [0.25, 0.3) is 0 Å². The van der Waals surface area contributed by atoms with Crippen molar-refractivity contribution in [3.05, 3.63) is 40.2 Å². The molecule has 19 heavy (non-hydrogen) atoms. The van der Waals surface area contributed by atoms with Crippen LogP contribution in [-0.4, -0.2) is 28.9 Å². The van der Waals surface area contributed by atoms with Gasteiger partial charge in [0.05, 0.1) is 24.8 Å². The molecule has 1 heterocycles. The molecule has 0 amide bonds. The summed E-state index contributed by atoms with van der Waals surface area (Å²) in [6, 6.07) is 5.17. The molecule has 1 aromatic heterocycles. The van der Waals surface area contributed by atoms with Crippen LogP contribution in [0, 0.1) is 17.0 Å². The van der Waals surface area contributed by atoms with Gasteiger partial charge in [-0.05, 0) is 19.1 Å². The maximum absolute atomic E-state index is 10.8.